The van der Waals surface area contributed by atoms with E-state index in [1.54, 1.807) is 24.3 Å². The van der Waals surface area contributed by atoms with Crippen molar-refractivity contribution in [3.05, 3.63) is 93.6 Å². The molecule has 160 valence electrons. The van der Waals surface area contributed by atoms with Gasteiger partial charge in [0.1, 0.15) is 17.7 Å². The van der Waals surface area contributed by atoms with Crippen LogP contribution in [0.25, 0.3) is 22.0 Å². The molecule has 0 spiro atoms. The average Bonchev–Trinajstić information content (AvgIpc) is 3.48. The Kier molecular flexibility index (Phi) is 5.33. The Morgan fingerprint density at radius 2 is 1.94 bits per heavy atom. The standard InChI is InChI=1S/C24H17Cl2N3O3/c25-13-21(30)29-19(20-7-4-10-32-20)12-18(28-29)23-22(14-5-2-1-3-6-14)16-11-15(26)8-9-17(16)27-24(23)31/h1-11,19H,12-13H2,(H,27,31). The van der Waals surface area contributed by atoms with Crippen molar-refractivity contribution in [2.24, 2.45) is 5.10 Å². The van der Waals surface area contributed by atoms with Gasteiger partial charge in [-0.3, -0.25) is 9.59 Å². The minimum absolute atomic E-state index is 0.233. The van der Waals surface area contributed by atoms with Crippen LogP contribution in [0.15, 0.2) is 81.2 Å². The Morgan fingerprint density at radius 3 is 2.66 bits per heavy atom. The highest BCUT2D eigenvalue weighted by atomic mass is 35.5. The number of carbonyl (C=O) groups is 1. The van der Waals surface area contributed by atoms with Crippen molar-refractivity contribution >= 4 is 45.7 Å². The van der Waals surface area contributed by atoms with Gasteiger partial charge in [-0.2, -0.15) is 5.10 Å². The van der Waals surface area contributed by atoms with Crippen LogP contribution in [0.3, 0.4) is 0 Å². The highest BCUT2D eigenvalue weighted by Crippen LogP contribution is 2.37. The van der Waals surface area contributed by atoms with Gasteiger partial charge in [0.05, 0.1) is 17.5 Å². The molecule has 4 aromatic rings. The molecule has 0 fully saturated rings. The van der Waals surface area contributed by atoms with E-state index >= 15 is 0 Å². The second-order valence-corrected chi connectivity index (χ2v) is 8.12. The zero-order valence-corrected chi connectivity index (χ0v) is 18.2. The predicted molar refractivity (Wildman–Crippen MR) is 125 cm³/mol. The minimum atomic E-state index is -0.482. The summed E-state index contributed by atoms with van der Waals surface area (Å²) in [5.41, 5.74) is 2.80. The summed E-state index contributed by atoms with van der Waals surface area (Å²) < 4.78 is 5.54. The lowest BCUT2D eigenvalue weighted by molar-refractivity contribution is -0.130. The van der Waals surface area contributed by atoms with Gasteiger partial charge in [-0.15, -0.1) is 11.6 Å². The normalized spacial score (nSPS) is 15.9. The molecule has 1 amide bonds. The summed E-state index contributed by atoms with van der Waals surface area (Å²) in [5.74, 6) is -0.0308. The van der Waals surface area contributed by atoms with Gasteiger partial charge in [-0.25, -0.2) is 5.01 Å². The molecule has 1 N–H and O–H groups in total. The number of carbonyl (C=O) groups excluding carboxylic acids is 1. The molecule has 6 nitrogen and oxygen atoms in total. The number of fused-ring (bicyclic) bond motifs is 1. The number of amides is 1. The Bertz CT molecular complexity index is 1400. The van der Waals surface area contributed by atoms with Crippen LogP contribution >= 0.6 is 23.2 Å². The van der Waals surface area contributed by atoms with Gasteiger partial charge in [0, 0.05) is 27.9 Å². The summed E-state index contributed by atoms with van der Waals surface area (Å²) in [6.45, 7) is 0. The third-order valence-electron chi connectivity index (χ3n) is 5.48. The van der Waals surface area contributed by atoms with Crippen LogP contribution in [0, 0.1) is 0 Å². The zero-order valence-electron chi connectivity index (χ0n) is 16.7. The van der Waals surface area contributed by atoms with Crippen LogP contribution in [0.5, 0.6) is 0 Å². The van der Waals surface area contributed by atoms with Crippen LogP contribution < -0.4 is 5.56 Å². The van der Waals surface area contributed by atoms with E-state index in [0.717, 1.165) is 10.9 Å². The fourth-order valence-corrected chi connectivity index (χ4v) is 4.39. The molecule has 1 aliphatic heterocycles. The Balaban J connectivity index is 1.76. The molecule has 0 radical (unpaired) electrons. The molecule has 1 atom stereocenters. The molecule has 0 aliphatic carbocycles. The Labute approximate surface area is 193 Å². The van der Waals surface area contributed by atoms with Crippen LogP contribution in [0.4, 0.5) is 0 Å². The number of nitrogens with zero attached hydrogens (tertiary/aromatic N) is 2. The van der Waals surface area contributed by atoms with Gasteiger partial charge in [-0.1, -0.05) is 41.9 Å². The van der Waals surface area contributed by atoms with Crippen molar-refractivity contribution < 1.29 is 9.21 Å². The number of hydrogen-bond donors (Lipinski definition) is 1. The van der Waals surface area contributed by atoms with Crippen LogP contribution in [-0.4, -0.2) is 27.5 Å². The largest absolute Gasteiger partial charge is 0.467 e. The number of halogens is 2. The van der Waals surface area contributed by atoms with Crippen molar-refractivity contribution in [1.82, 2.24) is 9.99 Å². The molecule has 2 aromatic carbocycles. The topological polar surface area (TPSA) is 78.7 Å². The van der Waals surface area contributed by atoms with Gasteiger partial charge in [-0.05, 0) is 35.9 Å². The lowest BCUT2D eigenvalue weighted by Gasteiger charge is -2.18. The summed E-state index contributed by atoms with van der Waals surface area (Å²) in [4.78, 5) is 28.8. The molecular formula is C24H17Cl2N3O3. The van der Waals surface area contributed by atoms with E-state index in [2.05, 4.69) is 10.1 Å². The third-order valence-corrected chi connectivity index (χ3v) is 5.94. The van der Waals surface area contributed by atoms with E-state index in [1.165, 1.54) is 11.3 Å². The maximum absolute atomic E-state index is 13.3. The van der Waals surface area contributed by atoms with E-state index in [-0.39, 0.29) is 17.3 Å². The Hall–Kier alpha value is -3.35. The SMILES string of the molecule is O=C(CCl)N1N=C(c2c(-c3ccccc3)c3cc(Cl)ccc3[nH]c2=O)CC1c1ccco1. The minimum Gasteiger partial charge on any atom is -0.467 e. The van der Waals surface area contributed by atoms with Crippen molar-refractivity contribution in [3.8, 4) is 11.1 Å². The predicted octanol–water partition coefficient (Wildman–Crippen LogP) is 5.36. The van der Waals surface area contributed by atoms with Gasteiger partial charge in [0.2, 0.25) is 0 Å². The fraction of sp³-hybridized carbons (Fsp3) is 0.125. The molecule has 8 heteroatoms. The monoisotopic (exact) mass is 465 g/mol. The molecule has 1 unspecified atom stereocenters. The number of rotatable bonds is 4. The van der Waals surface area contributed by atoms with Crippen molar-refractivity contribution in [2.75, 3.05) is 5.88 Å². The van der Waals surface area contributed by atoms with E-state index < -0.39 is 6.04 Å². The van der Waals surface area contributed by atoms with Crippen molar-refractivity contribution in [2.45, 2.75) is 12.5 Å². The number of aromatic nitrogens is 1. The quantitative estimate of drug-likeness (QED) is 0.412. The second kappa shape index (κ2) is 8.30. The maximum atomic E-state index is 13.3. The first-order valence-corrected chi connectivity index (χ1v) is 10.9. The summed E-state index contributed by atoms with van der Waals surface area (Å²) in [6, 6.07) is 18.0. The number of nitrogens with one attached hydrogen (secondary N) is 1. The molecule has 3 heterocycles. The van der Waals surface area contributed by atoms with Crippen LogP contribution in [0.2, 0.25) is 5.02 Å². The van der Waals surface area contributed by atoms with E-state index in [0.29, 0.717) is 39.6 Å². The lowest BCUT2D eigenvalue weighted by atomic mass is 9.92. The summed E-state index contributed by atoms with van der Waals surface area (Å²) >= 11 is 12.1. The maximum Gasteiger partial charge on any atom is 0.258 e. The number of hydrazone groups is 1. The number of furan rings is 1. The number of H-pyrrole nitrogens is 1. The zero-order chi connectivity index (χ0) is 22.2. The van der Waals surface area contributed by atoms with E-state index in [9.17, 15) is 9.59 Å². The first-order chi connectivity index (χ1) is 15.6. The molecule has 1 aliphatic rings. The van der Waals surface area contributed by atoms with Crippen LogP contribution in [0.1, 0.15) is 23.8 Å². The number of benzene rings is 2. The average molecular weight is 466 g/mol. The Morgan fingerprint density at radius 1 is 1.12 bits per heavy atom. The summed E-state index contributed by atoms with van der Waals surface area (Å²) in [5, 5.41) is 7.19. The number of hydrogen-bond acceptors (Lipinski definition) is 4. The summed E-state index contributed by atoms with van der Waals surface area (Å²) in [6.07, 6.45) is 1.85. The highest BCUT2D eigenvalue weighted by molar-refractivity contribution is 6.31. The van der Waals surface area contributed by atoms with Crippen LogP contribution in [-0.2, 0) is 4.79 Å². The first kappa shape index (κ1) is 20.5. The number of alkyl halides is 1. The van der Waals surface area contributed by atoms with Gasteiger partial charge in [0.25, 0.3) is 11.5 Å². The first-order valence-electron chi connectivity index (χ1n) is 9.97. The van der Waals surface area contributed by atoms with Crippen molar-refractivity contribution in [3.63, 3.8) is 0 Å². The molecule has 5 rings (SSSR count). The van der Waals surface area contributed by atoms with Gasteiger partial charge in [0.15, 0.2) is 0 Å². The van der Waals surface area contributed by atoms with E-state index in [1.807, 2.05) is 36.4 Å². The smallest absolute Gasteiger partial charge is 0.258 e. The molecule has 0 saturated heterocycles. The molecule has 32 heavy (non-hydrogen) atoms. The number of pyridine rings is 1. The van der Waals surface area contributed by atoms with E-state index in [4.69, 9.17) is 27.6 Å². The third kappa shape index (κ3) is 3.51. The highest BCUT2D eigenvalue weighted by Gasteiger charge is 2.36. The lowest BCUT2D eigenvalue weighted by Crippen LogP contribution is -2.27. The number of aromatic amines is 1. The molecule has 2 aromatic heterocycles. The second-order valence-electron chi connectivity index (χ2n) is 7.41. The fourth-order valence-electron chi connectivity index (χ4n) is 4.10. The molecular weight excluding hydrogens is 449 g/mol. The van der Waals surface area contributed by atoms with Gasteiger partial charge < -0.3 is 9.40 Å². The van der Waals surface area contributed by atoms with Gasteiger partial charge >= 0.3 is 0 Å². The summed E-state index contributed by atoms with van der Waals surface area (Å²) in [7, 11) is 0. The molecule has 0 bridgehead atoms. The van der Waals surface area contributed by atoms with Crippen molar-refractivity contribution in [1.29, 1.82) is 0 Å². The molecule has 0 saturated carbocycles.